The van der Waals surface area contributed by atoms with Gasteiger partial charge in [-0.3, -0.25) is 9.69 Å². The third-order valence-electron chi connectivity index (χ3n) is 4.56. The zero-order chi connectivity index (χ0) is 19.4. The fraction of sp³-hybridized carbons (Fsp3) is 0.316. The van der Waals surface area contributed by atoms with Crippen LogP contribution in [0.15, 0.2) is 53.4 Å². The molecule has 8 heteroatoms. The number of methoxy groups -OCH3 is 1. The molecule has 1 saturated heterocycles. The first-order chi connectivity index (χ1) is 12.9. The third-order valence-corrected chi connectivity index (χ3v) is 6.47. The molecule has 0 spiro atoms. The number of sulfonamides is 1. The van der Waals surface area contributed by atoms with E-state index in [-0.39, 0.29) is 23.0 Å². The van der Waals surface area contributed by atoms with E-state index in [4.69, 9.17) is 4.74 Å². The monoisotopic (exact) mass is 392 g/mol. The van der Waals surface area contributed by atoms with Gasteiger partial charge in [-0.25, -0.2) is 12.8 Å². The van der Waals surface area contributed by atoms with Crippen LogP contribution in [0, 0.1) is 5.82 Å². The van der Waals surface area contributed by atoms with Crippen LogP contribution >= 0.6 is 0 Å². The van der Waals surface area contributed by atoms with Crippen molar-refractivity contribution in [2.45, 2.75) is 4.90 Å². The second-order valence-electron chi connectivity index (χ2n) is 6.29. The van der Waals surface area contributed by atoms with E-state index < -0.39 is 10.0 Å². The summed E-state index contributed by atoms with van der Waals surface area (Å²) in [5.41, 5.74) is 0.449. The summed E-state index contributed by atoms with van der Waals surface area (Å²) in [5, 5.41) is 0. The van der Waals surface area contributed by atoms with Crippen molar-refractivity contribution in [3.63, 3.8) is 0 Å². The molecular formula is C19H21FN2O4S. The number of ether oxygens (including phenoxy) is 1. The summed E-state index contributed by atoms with van der Waals surface area (Å²) in [4.78, 5) is 14.4. The Kier molecular flexibility index (Phi) is 5.88. The number of piperazine rings is 1. The molecule has 0 bridgehead atoms. The summed E-state index contributed by atoms with van der Waals surface area (Å²) in [6, 6.07) is 11.7. The first-order valence-electron chi connectivity index (χ1n) is 8.55. The van der Waals surface area contributed by atoms with E-state index in [1.807, 2.05) is 4.90 Å². The normalized spacial score (nSPS) is 16.2. The third kappa shape index (κ3) is 4.52. The minimum absolute atomic E-state index is 0.110. The number of ketones is 1. The topological polar surface area (TPSA) is 66.9 Å². The molecule has 0 unspecified atom stereocenters. The zero-order valence-electron chi connectivity index (χ0n) is 15.0. The van der Waals surface area contributed by atoms with Crippen molar-refractivity contribution in [2.24, 2.45) is 0 Å². The zero-order valence-corrected chi connectivity index (χ0v) is 15.8. The quantitative estimate of drug-likeness (QED) is 0.704. The molecule has 27 heavy (non-hydrogen) atoms. The first-order valence-corrected chi connectivity index (χ1v) is 9.99. The van der Waals surface area contributed by atoms with Gasteiger partial charge in [-0.15, -0.1) is 0 Å². The van der Waals surface area contributed by atoms with Crippen molar-refractivity contribution in [1.82, 2.24) is 9.21 Å². The van der Waals surface area contributed by atoms with Crippen LogP contribution in [0.5, 0.6) is 5.75 Å². The van der Waals surface area contributed by atoms with Gasteiger partial charge in [-0.2, -0.15) is 4.31 Å². The molecule has 0 aromatic heterocycles. The Hall–Kier alpha value is -2.29. The average molecular weight is 392 g/mol. The lowest BCUT2D eigenvalue weighted by Gasteiger charge is -2.33. The van der Waals surface area contributed by atoms with Crippen molar-refractivity contribution in [2.75, 3.05) is 39.8 Å². The van der Waals surface area contributed by atoms with Gasteiger partial charge in [0.2, 0.25) is 10.0 Å². The van der Waals surface area contributed by atoms with E-state index >= 15 is 0 Å². The van der Waals surface area contributed by atoms with Crippen molar-refractivity contribution >= 4 is 15.8 Å². The number of nitrogens with zero attached hydrogens (tertiary/aromatic N) is 2. The molecule has 0 N–H and O–H groups in total. The molecule has 144 valence electrons. The van der Waals surface area contributed by atoms with Crippen LogP contribution in [-0.4, -0.2) is 63.2 Å². The summed E-state index contributed by atoms with van der Waals surface area (Å²) in [6.45, 7) is 1.73. The highest BCUT2D eigenvalue weighted by Crippen LogP contribution is 2.20. The summed E-state index contributed by atoms with van der Waals surface area (Å²) < 4.78 is 44.9. The van der Waals surface area contributed by atoms with E-state index in [0.29, 0.717) is 37.5 Å². The van der Waals surface area contributed by atoms with E-state index in [1.54, 1.807) is 12.1 Å². The Morgan fingerprint density at radius 3 is 2.15 bits per heavy atom. The molecule has 0 atom stereocenters. The summed E-state index contributed by atoms with van der Waals surface area (Å²) >= 11 is 0. The summed E-state index contributed by atoms with van der Waals surface area (Å²) in [5.74, 6) is 0.100. The van der Waals surface area contributed by atoms with Gasteiger partial charge in [0, 0.05) is 31.7 Å². The molecule has 6 nitrogen and oxygen atoms in total. The fourth-order valence-corrected chi connectivity index (χ4v) is 4.38. The molecule has 1 fully saturated rings. The second kappa shape index (κ2) is 8.16. The molecule has 2 aromatic carbocycles. The van der Waals surface area contributed by atoms with Crippen LogP contribution in [-0.2, 0) is 10.0 Å². The van der Waals surface area contributed by atoms with Crippen molar-refractivity contribution in [1.29, 1.82) is 0 Å². The van der Waals surface area contributed by atoms with E-state index in [2.05, 4.69) is 0 Å². The molecule has 0 amide bonds. The predicted octanol–water partition coefficient (Wildman–Crippen LogP) is 2.02. The van der Waals surface area contributed by atoms with E-state index in [0.717, 1.165) is 0 Å². The SMILES string of the molecule is COc1ccc(S(=O)(=O)N2CCN(CC(=O)c3ccc(F)cc3)CC2)cc1. The number of hydrogen-bond acceptors (Lipinski definition) is 5. The van der Waals surface area contributed by atoms with Gasteiger partial charge in [0.25, 0.3) is 0 Å². The number of rotatable bonds is 6. The molecule has 0 radical (unpaired) electrons. The molecule has 1 aliphatic heterocycles. The average Bonchev–Trinajstić information content (AvgIpc) is 2.69. The van der Waals surface area contributed by atoms with Crippen LogP contribution in [0.2, 0.25) is 0 Å². The molecule has 0 saturated carbocycles. The number of hydrogen-bond donors (Lipinski definition) is 0. The molecule has 1 aliphatic rings. The van der Waals surface area contributed by atoms with Gasteiger partial charge in [0.1, 0.15) is 11.6 Å². The Bertz CT molecular complexity index is 890. The van der Waals surface area contributed by atoms with Crippen LogP contribution in [0.4, 0.5) is 4.39 Å². The summed E-state index contributed by atoms with van der Waals surface area (Å²) in [7, 11) is -2.05. The maximum atomic E-state index is 13.0. The number of carbonyl (C=O) groups excluding carboxylic acids is 1. The van der Waals surface area contributed by atoms with Gasteiger partial charge < -0.3 is 4.74 Å². The van der Waals surface area contributed by atoms with Gasteiger partial charge in [-0.05, 0) is 48.5 Å². The smallest absolute Gasteiger partial charge is 0.243 e. The highest BCUT2D eigenvalue weighted by atomic mass is 32.2. The molecular weight excluding hydrogens is 371 g/mol. The first kappa shape index (κ1) is 19.5. The maximum Gasteiger partial charge on any atom is 0.243 e. The number of benzene rings is 2. The van der Waals surface area contributed by atoms with E-state index in [1.165, 1.54) is 47.8 Å². The van der Waals surface area contributed by atoms with Crippen LogP contribution < -0.4 is 4.74 Å². The van der Waals surface area contributed by atoms with Crippen molar-refractivity contribution in [3.8, 4) is 5.75 Å². The Balaban J connectivity index is 1.59. The molecule has 1 heterocycles. The Morgan fingerprint density at radius 2 is 1.59 bits per heavy atom. The summed E-state index contributed by atoms with van der Waals surface area (Å²) in [6.07, 6.45) is 0. The van der Waals surface area contributed by atoms with Gasteiger partial charge in [-0.1, -0.05) is 0 Å². The highest BCUT2D eigenvalue weighted by molar-refractivity contribution is 7.89. The Labute approximate surface area is 158 Å². The lowest BCUT2D eigenvalue weighted by Crippen LogP contribution is -2.49. The lowest BCUT2D eigenvalue weighted by atomic mass is 10.1. The highest BCUT2D eigenvalue weighted by Gasteiger charge is 2.29. The molecule has 2 aromatic rings. The van der Waals surface area contributed by atoms with E-state index in [9.17, 15) is 17.6 Å². The van der Waals surface area contributed by atoms with Gasteiger partial charge in [0.15, 0.2) is 5.78 Å². The minimum atomic E-state index is -3.57. The molecule has 3 rings (SSSR count). The standard InChI is InChI=1S/C19H21FN2O4S/c1-26-17-6-8-18(9-7-17)27(24,25)22-12-10-21(11-13-22)14-19(23)15-2-4-16(20)5-3-15/h2-9H,10-14H2,1H3. The predicted molar refractivity (Wildman–Crippen MR) is 98.9 cm³/mol. The molecule has 0 aliphatic carbocycles. The van der Waals surface area contributed by atoms with Gasteiger partial charge in [0.05, 0.1) is 18.6 Å². The fourth-order valence-electron chi connectivity index (χ4n) is 2.95. The Morgan fingerprint density at radius 1 is 1.00 bits per heavy atom. The largest absolute Gasteiger partial charge is 0.497 e. The number of carbonyl (C=O) groups is 1. The minimum Gasteiger partial charge on any atom is -0.497 e. The van der Waals surface area contributed by atoms with Crippen molar-refractivity contribution in [3.05, 3.63) is 59.9 Å². The van der Waals surface area contributed by atoms with Crippen LogP contribution in [0.1, 0.15) is 10.4 Å². The number of halogens is 1. The maximum absolute atomic E-state index is 13.0. The van der Waals surface area contributed by atoms with Gasteiger partial charge >= 0.3 is 0 Å². The number of Topliss-reactive ketones (excluding diaryl/α,β-unsaturated/α-hetero) is 1. The lowest BCUT2D eigenvalue weighted by molar-refractivity contribution is 0.0901. The second-order valence-corrected chi connectivity index (χ2v) is 8.22. The van der Waals surface area contributed by atoms with Crippen LogP contribution in [0.25, 0.3) is 0 Å². The van der Waals surface area contributed by atoms with Crippen LogP contribution in [0.3, 0.4) is 0 Å². The van der Waals surface area contributed by atoms with Crippen molar-refractivity contribution < 1.29 is 22.3 Å².